The van der Waals surface area contributed by atoms with Crippen LogP contribution in [0.4, 0.5) is 18.9 Å². The Morgan fingerprint density at radius 1 is 1.53 bits per heavy atom. The standard InChI is InChI=1S/C12H12F3NO3/c1-2-18-11(17)10-6-16-8-4-3-7(12(13,14)15)5-9(8)19-10/h3-5,10,16H,2,6H2,1H3. The molecule has 0 fully saturated rings. The molecule has 0 aliphatic carbocycles. The van der Waals surface area contributed by atoms with Crippen LogP contribution in [0.25, 0.3) is 0 Å². The van der Waals surface area contributed by atoms with Crippen LogP contribution in [-0.2, 0) is 15.7 Å². The molecule has 0 saturated carbocycles. The average molecular weight is 275 g/mol. The molecule has 1 N–H and O–H groups in total. The highest BCUT2D eigenvalue weighted by atomic mass is 19.4. The van der Waals surface area contributed by atoms with Crippen LogP contribution >= 0.6 is 0 Å². The Balaban J connectivity index is 2.21. The van der Waals surface area contributed by atoms with Gasteiger partial charge < -0.3 is 14.8 Å². The number of alkyl halides is 3. The van der Waals surface area contributed by atoms with Gasteiger partial charge in [0.2, 0.25) is 6.10 Å². The van der Waals surface area contributed by atoms with Gasteiger partial charge in [-0.05, 0) is 25.1 Å². The molecule has 1 aromatic rings. The van der Waals surface area contributed by atoms with Crippen molar-refractivity contribution in [2.45, 2.75) is 19.2 Å². The summed E-state index contributed by atoms with van der Waals surface area (Å²) in [5.41, 5.74) is -0.397. The molecule has 0 saturated heterocycles. The molecule has 1 aliphatic heterocycles. The average Bonchev–Trinajstić information content (AvgIpc) is 2.36. The highest BCUT2D eigenvalue weighted by Gasteiger charge is 2.33. The van der Waals surface area contributed by atoms with Crippen molar-refractivity contribution in [1.82, 2.24) is 0 Å². The summed E-state index contributed by atoms with van der Waals surface area (Å²) in [6, 6.07) is 3.10. The van der Waals surface area contributed by atoms with Crippen LogP contribution in [0.2, 0.25) is 0 Å². The number of anilines is 1. The van der Waals surface area contributed by atoms with E-state index in [1.807, 2.05) is 0 Å². The van der Waals surface area contributed by atoms with Gasteiger partial charge in [0.1, 0.15) is 5.75 Å². The van der Waals surface area contributed by atoms with E-state index in [9.17, 15) is 18.0 Å². The Labute approximate surface area is 107 Å². The van der Waals surface area contributed by atoms with E-state index in [0.29, 0.717) is 5.69 Å². The predicted octanol–water partition coefficient (Wildman–Crippen LogP) is 2.44. The fraction of sp³-hybridized carbons (Fsp3) is 0.417. The van der Waals surface area contributed by atoms with Crippen LogP contribution in [0, 0.1) is 0 Å². The lowest BCUT2D eigenvalue weighted by atomic mass is 10.1. The third-order valence-corrected chi connectivity index (χ3v) is 2.61. The van der Waals surface area contributed by atoms with E-state index < -0.39 is 23.8 Å². The lowest BCUT2D eigenvalue weighted by Gasteiger charge is -2.26. The summed E-state index contributed by atoms with van der Waals surface area (Å²) in [4.78, 5) is 11.5. The summed E-state index contributed by atoms with van der Waals surface area (Å²) in [5.74, 6) is -0.600. The Morgan fingerprint density at radius 3 is 2.89 bits per heavy atom. The SMILES string of the molecule is CCOC(=O)C1CNc2ccc(C(F)(F)F)cc2O1. The zero-order chi connectivity index (χ0) is 14.0. The first-order chi connectivity index (χ1) is 8.91. The minimum absolute atomic E-state index is 0.000807. The number of nitrogens with one attached hydrogen (secondary N) is 1. The van der Waals surface area contributed by atoms with Crippen molar-refractivity contribution in [2.75, 3.05) is 18.5 Å². The summed E-state index contributed by atoms with van der Waals surface area (Å²) >= 11 is 0. The number of hydrogen-bond donors (Lipinski definition) is 1. The van der Waals surface area contributed by atoms with Gasteiger partial charge in [0.25, 0.3) is 0 Å². The smallest absolute Gasteiger partial charge is 0.416 e. The van der Waals surface area contributed by atoms with Crippen LogP contribution in [0.15, 0.2) is 18.2 Å². The fourth-order valence-electron chi connectivity index (χ4n) is 1.71. The van der Waals surface area contributed by atoms with Crippen LogP contribution in [0.3, 0.4) is 0 Å². The van der Waals surface area contributed by atoms with E-state index in [0.717, 1.165) is 12.1 Å². The normalized spacial score (nSPS) is 18.0. The molecule has 0 amide bonds. The molecule has 1 heterocycles. The summed E-state index contributed by atoms with van der Waals surface area (Å²) in [6.07, 6.45) is -5.38. The van der Waals surface area contributed by atoms with Crippen molar-refractivity contribution in [3.8, 4) is 5.75 Å². The quantitative estimate of drug-likeness (QED) is 0.842. The number of ether oxygens (including phenoxy) is 2. The van der Waals surface area contributed by atoms with Gasteiger partial charge in [-0.2, -0.15) is 13.2 Å². The third kappa shape index (κ3) is 2.91. The van der Waals surface area contributed by atoms with Gasteiger partial charge in [-0.25, -0.2) is 4.79 Å². The van der Waals surface area contributed by atoms with E-state index >= 15 is 0 Å². The van der Waals surface area contributed by atoms with Crippen LogP contribution in [0.1, 0.15) is 12.5 Å². The summed E-state index contributed by atoms with van der Waals surface area (Å²) < 4.78 is 47.7. The van der Waals surface area contributed by atoms with Gasteiger partial charge in [-0.15, -0.1) is 0 Å². The minimum Gasteiger partial charge on any atom is -0.475 e. The van der Waals surface area contributed by atoms with Gasteiger partial charge in [0.15, 0.2) is 0 Å². The molecular weight excluding hydrogens is 263 g/mol. The molecule has 0 bridgehead atoms. The van der Waals surface area contributed by atoms with Crippen molar-refractivity contribution in [1.29, 1.82) is 0 Å². The Hall–Kier alpha value is -1.92. The molecule has 1 aliphatic rings. The zero-order valence-electron chi connectivity index (χ0n) is 10.1. The summed E-state index contributed by atoms with van der Waals surface area (Å²) in [5, 5.41) is 2.84. The number of hydrogen-bond acceptors (Lipinski definition) is 4. The maximum absolute atomic E-state index is 12.6. The van der Waals surface area contributed by atoms with Crippen molar-refractivity contribution < 1.29 is 27.4 Å². The lowest BCUT2D eigenvalue weighted by Crippen LogP contribution is -2.39. The van der Waals surface area contributed by atoms with Gasteiger partial charge in [-0.3, -0.25) is 0 Å². The molecule has 1 unspecified atom stereocenters. The molecule has 7 heteroatoms. The number of carbonyl (C=O) groups excluding carboxylic acids is 1. The first kappa shape index (κ1) is 13.5. The summed E-state index contributed by atoms with van der Waals surface area (Å²) in [6.45, 7) is 2.00. The van der Waals surface area contributed by atoms with Crippen LogP contribution in [-0.4, -0.2) is 25.2 Å². The first-order valence-electron chi connectivity index (χ1n) is 5.70. The second-order valence-corrected chi connectivity index (χ2v) is 3.95. The van der Waals surface area contributed by atoms with E-state index in [-0.39, 0.29) is 18.9 Å². The number of fused-ring (bicyclic) bond motifs is 1. The number of benzene rings is 1. The molecule has 0 radical (unpaired) electrons. The van der Waals surface area contributed by atoms with Crippen molar-refractivity contribution in [3.05, 3.63) is 23.8 Å². The second-order valence-electron chi connectivity index (χ2n) is 3.95. The van der Waals surface area contributed by atoms with Crippen molar-refractivity contribution in [2.24, 2.45) is 0 Å². The minimum atomic E-state index is -4.45. The molecule has 0 aromatic heterocycles. The van der Waals surface area contributed by atoms with E-state index in [4.69, 9.17) is 9.47 Å². The fourth-order valence-corrected chi connectivity index (χ4v) is 1.71. The lowest BCUT2D eigenvalue weighted by molar-refractivity contribution is -0.150. The maximum atomic E-state index is 12.6. The Bertz CT molecular complexity index is 488. The van der Waals surface area contributed by atoms with Gasteiger partial charge in [0.05, 0.1) is 24.4 Å². The molecular formula is C12H12F3NO3. The monoisotopic (exact) mass is 275 g/mol. The molecule has 4 nitrogen and oxygen atoms in total. The van der Waals surface area contributed by atoms with Crippen molar-refractivity contribution in [3.63, 3.8) is 0 Å². The Morgan fingerprint density at radius 2 is 2.26 bits per heavy atom. The highest BCUT2D eigenvalue weighted by molar-refractivity contribution is 5.77. The number of rotatable bonds is 2. The number of carbonyl (C=O) groups is 1. The van der Waals surface area contributed by atoms with Gasteiger partial charge >= 0.3 is 12.1 Å². The molecule has 0 spiro atoms. The van der Waals surface area contributed by atoms with E-state index in [1.165, 1.54) is 6.07 Å². The number of halogens is 3. The van der Waals surface area contributed by atoms with Crippen molar-refractivity contribution >= 4 is 11.7 Å². The zero-order valence-corrected chi connectivity index (χ0v) is 10.1. The number of esters is 1. The second kappa shape index (κ2) is 4.99. The van der Waals surface area contributed by atoms with E-state index in [1.54, 1.807) is 6.92 Å². The van der Waals surface area contributed by atoms with Gasteiger partial charge in [0, 0.05) is 0 Å². The topological polar surface area (TPSA) is 47.6 Å². The van der Waals surface area contributed by atoms with Gasteiger partial charge in [-0.1, -0.05) is 0 Å². The Kier molecular flexibility index (Phi) is 3.55. The predicted molar refractivity (Wildman–Crippen MR) is 61.0 cm³/mol. The maximum Gasteiger partial charge on any atom is 0.416 e. The van der Waals surface area contributed by atoms with Crippen LogP contribution in [0.5, 0.6) is 5.75 Å². The highest BCUT2D eigenvalue weighted by Crippen LogP contribution is 2.36. The molecule has 2 rings (SSSR count). The molecule has 1 aromatic carbocycles. The first-order valence-corrected chi connectivity index (χ1v) is 5.70. The molecule has 19 heavy (non-hydrogen) atoms. The third-order valence-electron chi connectivity index (χ3n) is 2.61. The largest absolute Gasteiger partial charge is 0.475 e. The summed E-state index contributed by atoms with van der Waals surface area (Å²) in [7, 11) is 0. The molecule has 104 valence electrons. The molecule has 1 atom stereocenters. The van der Waals surface area contributed by atoms with Crippen LogP contribution < -0.4 is 10.1 Å². The van der Waals surface area contributed by atoms with E-state index in [2.05, 4.69) is 5.32 Å².